The maximum atomic E-state index is 12.5. The molecule has 1 fully saturated rings. The summed E-state index contributed by atoms with van der Waals surface area (Å²) in [7, 11) is 0. The van der Waals surface area contributed by atoms with Crippen molar-refractivity contribution >= 4 is 17.2 Å². The van der Waals surface area contributed by atoms with E-state index in [1.54, 1.807) is 0 Å². The third kappa shape index (κ3) is 4.43. The summed E-state index contributed by atoms with van der Waals surface area (Å²) >= 11 is 0.457. The molecule has 0 spiro atoms. The molecule has 0 atom stereocenters. The molecule has 0 radical (unpaired) electrons. The molecule has 1 aliphatic rings. The van der Waals surface area contributed by atoms with Gasteiger partial charge in [0.05, 0.1) is 0 Å². The number of nitrogens with one attached hydrogen (secondary N) is 1. The van der Waals surface area contributed by atoms with Crippen molar-refractivity contribution in [2.75, 3.05) is 0 Å². The monoisotopic (exact) mass is 320 g/mol. The highest BCUT2D eigenvalue weighted by atomic mass is 32.1. The molecular weight excluding hydrogens is 301 g/mol. The molecule has 1 aromatic heterocycles. The quantitative estimate of drug-likeness (QED) is 0.901. The zero-order valence-electron chi connectivity index (χ0n) is 11.9. The summed E-state index contributed by atoms with van der Waals surface area (Å²) in [6, 6.07) is 0.0571. The minimum Gasteiger partial charge on any atom is -0.348 e. The lowest BCUT2D eigenvalue weighted by molar-refractivity contribution is -0.137. The van der Waals surface area contributed by atoms with Crippen molar-refractivity contribution in [3.05, 3.63) is 16.1 Å². The average molecular weight is 320 g/mol. The fourth-order valence-corrected chi connectivity index (χ4v) is 3.44. The number of nitrogens with zero attached hydrogens (tertiary/aromatic N) is 1. The Balaban J connectivity index is 1.86. The van der Waals surface area contributed by atoms with Crippen molar-refractivity contribution in [3.8, 4) is 0 Å². The van der Waals surface area contributed by atoms with E-state index < -0.39 is 17.1 Å². The van der Waals surface area contributed by atoms with Gasteiger partial charge < -0.3 is 5.32 Å². The Hall–Kier alpha value is -1.11. The molecule has 1 N–H and O–H groups in total. The molecule has 0 aromatic carbocycles. The number of carbonyl (C=O) groups excluding carboxylic acids is 1. The first-order chi connectivity index (χ1) is 9.90. The van der Waals surface area contributed by atoms with E-state index in [1.165, 1.54) is 18.2 Å². The number of hydrogen-bond donors (Lipinski definition) is 1. The van der Waals surface area contributed by atoms with Crippen LogP contribution in [0.15, 0.2) is 5.38 Å². The number of alkyl halides is 3. The minimum absolute atomic E-state index is 0.0571. The summed E-state index contributed by atoms with van der Waals surface area (Å²) in [5.41, 5.74) is -0.136. The van der Waals surface area contributed by atoms with Crippen molar-refractivity contribution in [2.24, 2.45) is 5.92 Å². The molecule has 1 heterocycles. The number of carbonyl (C=O) groups is 1. The van der Waals surface area contributed by atoms with Gasteiger partial charge in [-0.05, 0) is 31.6 Å². The van der Waals surface area contributed by atoms with Crippen molar-refractivity contribution in [1.82, 2.24) is 10.3 Å². The van der Waals surface area contributed by atoms with E-state index in [4.69, 9.17) is 0 Å². The Bertz CT molecular complexity index is 479. The zero-order valence-corrected chi connectivity index (χ0v) is 12.7. The van der Waals surface area contributed by atoms with Gasteiger partial charge in [0.1, 0.15) is 5.69 Å². The van der Waals surface area contributed by atoms with Gasteiger partial charge in [-0.1, -0.05) is 19.8 Å². The van der Waals surface area contributed by atoms with E-state index in [9.17, 15) is 18.0 Å². The molecule has 0 bridgehead atoms. The normalized spacial score (nSPS) is 23.0. The smallest absolute Gasteiger partial charge is 0.348 e. The highest BCUT2D eigenvalue weighted by molar-refractivity contribution is 7.09. The maximum absolute atomic E-state index is 12.5. The average Bonchev–Trinajstić information content (AvgIpc) is 2.91. The second kappa shape index (κ2) is 6.77. The third-order valence-corrected chi connectivity index (χ3v) is 4.75. The summed E-state index contributed by atoms with van der Waals surface area (Å²) < 4.78 is 37.4. The van der Waals surface area contributed by atoms with Crippen LogP contribution >= 0.6 is 11.3 Å². The van der Waals surface area contributed by atoms with Crippen LogP contribution in [0.5, 0.6) is 0 Å². The van der Waals surface area contributed by atoms with Gasteiger partial charge in [0, 0.05) is 11.4 Å². The molecule has 1 aromatic rings. The lowest BCUT2D eigenvalue weighted by Gasteiger charge is -2.28. The number of hydrogen-bond acceptors (Lipinski definition) is 3. The van der Waals surface area contributed by atoms with Gasteiger partial charge in [0.15, 0.2) is 5.01 Å². The zero-order chi connectivity index (χ0) is 15.5. The van der Waals surface area contributed by atoms with Gasteiger partial charge in [-0.2, -0.15) is 13.2 Å². The molecule has 0 unspecified atom stereocenters. The number of halogens is 3. The van der Waals surface area contributed by atoms with E-state index in [2.05, 4.69) is 17.2 Å². The van der Waals surface area contributed by atoms with Crippen LogP contribution in [0.4, 0.5) is 13.2 Å². The summed E-state index contributed by atoms with van der Waals surface area (Å²) in [6.07, 6.45) is 1.83. The fraction of sp³-hybridized carbons (Fsp3) is 0.714. The van der Waals surface area contributed by atoms with Gasteiger partial charge in [0.2, 0.25) is 0 Å². The summed E-state index contributed by atoms with van der Waals surface area (Å²) in [5.74, 6) is 0.222. The number of amides is 1. The molecule has 118 valence electrons. The topological polar surface area (TPSA) is 42.0 Å². The summed E-state index contributed by atoms with van der Waals surface area (Å²) in [5, 5.41) is 3.00. The van der Waals surface area contributed by atoms with Crippen LogP contribution in [0.2, 0.25) is 0 Å². The van der Waals surface area contributed by atoms with Crippen LogP contribution < -0.4 is 5.32 Å². The van der Waals surface area contributed by atoms with Crippen LogP contribution in [-0.4, -0.2) is 16.9 Å². The van der Waals surface area contributed by atoms with Gasteiger partial charge in [-0.25, -0.2) is 4.98 Å². The first-order valence-electron chi connectivity index (χ1n) is 7.23. The van der Waals surface area contributed by atoms with E-state index in [-0.39, 0.29) is 11.7 Å². The van der Waals surface area contributed by atoms with Crippen LogP contribution in [0.3, 0.4) is 0 Å². The molecule has 0 aliphatic heterocycles. The van der Waals surface area contributed by atoms with Gasteiger partial charge in [-0.15, -0.1) is 11.3 Å². The Labute approximate surface area is 126 Å². The van der Waals surface area contributed by atoms with Gasteiger partial charge in [0.25, 0.3) is 5.91 Å². The van der Waals surface area contributed by atoms with Crippen LogP contribution in [0.1, 0.15) is 60.9 Å². The molecule has 2 rings (SSSR count). The van der Waals surface area contributed by atoms with Gasteiger partial charge in [-0.3, -0.25) is 4.79 Å². The highest BCUT2D eigenvalue weighted by Gasteiger charge is 2.35. The van der Waals surface area contributed by atoms with Gasteiger partial charge >= 0.3 is 6.18 Å². The van der Waals surface area contributed by atoms with Crippen LogP contribution in [0.25, 0.3) is 0 Å². The Morgan fingerprint density at radius 2 is 2.05 bits per heavy atom. The molecule has 0 saturated heterocycles. The third-order valence-electron chi connectivity index (χ3n) is 3.86. The summed E-state index contributed by atoms with van der Waals surface area (Å²) in [4.78, 5) is 15.3. The van der Waals surface area contributed by atoms with Crippen LogP contribution in [-0.2, 0) is 6.18 Å². The first kappa shape index (κ1) is 16.3. The summed E-state index contributed by atoms with van der Waals surface area (Å²) in [6.45, 7) is 2.16. The molecule has 1 aliphatic carbocycles. The highest BCUT2D eigenvalue weighted by Crippen LogP contribution is 2.32. The van der Waals surface area contributed by atoms with Crippen molar-refractivity contribution in [2.45, 2.75) is 57.7 Å². The maximum Gasteiger partial charge on any atom is 0.443 e. The van der Waals surface area contributed by atoms with Crippen molar-refractivity contribution in [1.29, 1.82) is 0 Å². The van der Waals surface area contributed by atoms with E-state index in [0.717, 1.165) is 31.6 Å². The number of aromatic nitrogens is 1. The standard InChI is InChI=1S/C14H19F3N2OS/c1-2-3-9-4-6-10(7-5-9)18-12(20)11-8-21-13(19-11)14(15,16)17/h8-10H,2-7H2,1H3,(H,18,20). The molecule has 1 amide bonds. The lowest BCUT2D eigenvalue weighted by atomic mass is 9.83. The molecule has 1 saturated carbocycles. The second-order valence-electron chi connectivity index (χ2n) is 5.52. The molecule has 21 heavy (non-hydrogen) atoms. The van der Waals surface area contributed by atoms with E-state index >= 15 is 0 Å². The van der Waals surface area contributed by atoms with E-state index in [0.29, 0.717) is 11.3 Å². The number of rotatable bonds is 4. The predicted octanol–water partition coefficient (Wildman–Crippen LogP) is 4.25. The van der Waals surface area contributed by atoms with Crippen LogP contribution in [0, 0.1) is 5.92 Å². The van der Waals surface area contributed by atoms with E-state index in [1.807, 2.05) is 0 Å². The Morgan fingerprint density at radius 3 is 2.57 bits per heavy atom. The first-order valence-corrected chi connectivity index (χ1v) is 8.11. The Morgan fingerprint density at radius 1 is 1.38 bits per heavy atom. The van der Waals surface area contributed by atoms with Crippen molar-refractivity contribution in [3.63, 3.8) is 0 Å². The predicted molar refractivity (Wildman–Crippen MR) is 75.2 cm³/mol. The molecular formula is C14H19F3N2OS. The Kier molecular flexibility index (Phi) is 5.24. The second-order valence-corrected chi connectivity index (χ2v) is 6.37. The number of thiazole rings is 1. The minimum atomic E-state index is -4.48. The molecule has 3 nitrogen and oxygen atoms in total. The fourth-order valence-electron chi connectivity index (χ4n) is 2.77. The largest absolute Gasteiger partial charge is 0.443 e. The lowest BCUT2D eigenvalue weighted by Crippen LogP contribution is -2.37. The molecule has 7 heteroatoms. The van der Waals surface area contributed by atoms with Crippen molar-refractivity contribution < 1.29 is 18.0 Å². The SMILES string of the molecule is CCCC1CCC(NC(=O)c2csc(C(F)(F)F)n2)CC1.